The van der Waals surface area contributed by atoms with Crippen molar-refractivity contribution in [1.29, 1.82) is 0 Å². The third kappa shape index (κ3) is 4.09. The van der Waals surface area contributed by atoms with Crippen LogP contribution in [0.25, 0.3) is 4.96 Å². The molecule has 1 amide bonds. The molecule has 1 aromatic carbocycles. The second kappa shape index (κ2) is 7.15. The van der Waals surface area contributed by atoms with Gasteiger partial charge in [0.25, 0.3) is 0 Å². The van der Waals surface area contributed by atoms with Crippen molar-refractivity contribution in [3.8, 4) is 0 Å². The number of nitrogens with zero attached hydrogens (tertiary/aromatic N) is 4. The summed E-state index contributed by atoms with van der Waals surface area (Å²) in [5.41, 5.74) is 2.17. The second-order valence-corrected chi connectivity index (χ2v) is 8.82. The van der Waals surface area contributed by atoms with Gasteiger partial charge in [-0.3, -0.25) is 4.79 Å². The Labute approximate surface area is 157 Å². The van der Waals surface area contributed by atoms with Crippen LogP contribution in [0.2, 0.25) is 0 Å². The normalized spacial score (nSPS) is 12.1. The fourth-order valence-electron chi connectivity index (χ4n) is 2.63. The van der Waals surface area contributed by atoms with E-state index in [1.807, 2.05) is 12.1 Å². The van der Waals surface area contributed by atoms with Gasteiger partial charge in [0.1, 0.15) is 5.01 Å². The van der Waals surface area contributed by atoms with Crippen LogP contribution in [-0.2, 0) is 16.6 Å². The fourth-order valence-corrected chi connectivity index (χ4v) is 3.47. The predicted octanol–water partition coefficient (Wildman–Crippen LogP) is 4.18. The summed E-state index contributed by atoms with van der Waals surface area (Å²) in [6, 6.07) is 8.03. The van der Waals surface area contributed by atoms with E-state index in [0.29, 0.717) is 12.8 Å². The van der Waals surface area contributed by atoms with Crippen molar-refractivity contribution in [2.24, 2.45) is 0 Å². The van der Waals surface area contributed by atoms with Gasteiger partial charge in [-0.2, -0.15) is 9.61 Å². The van der Waals surface area contributed by atoms with E-state index < -0.39 is 0 Å². The van der Waals surface area contributed by atoms with Crippen LogP contribution in [0.4, 0.5) is 5.69 Å². The van der Waals surface area contributed by atoms with Gasteiger partial charge in [-0.25, -0.2) is 0 Å². The van der Waals surface area contributed by atoms with Gasteiger partial charge in [-0.1, -0.05) is 58.1 Å². The average Bonchev–Trinajstić information content (AvgIpc) is 3.12. The molecule has 0 saturated heterocycles. The van der Waals surface area contributed by atoms with Crippen molar-refractivity contribution in [2.75, 3.05) is 5.32 Å². The number of fused-ring (bicyclic) bond motifs is 1. The number of amides is 1. The van der Waals surface area contributed by atoms with E-state index in [4.69, 9.17) is 0 Å². The zero-order valence-corrected chi connectivity index (χ0v) is 16.7. The molecule has 0 saturated carbocycles. The first kappa shape index (κ1) is 18.5. The molecule has 0 aliphatic heterocycles. The summed E-state index contributed by atoms with van der Waals surface area (Å²) < 4.78 is 1.79. The number of anilines is 1. The molecule has 2 aromatic heterocycles. The van der Waals surface area contributed by atoms with Gasteiger partial charge >= 0.3 is 0 Å². The van der Waals surface area contributed by atoms with Crippen molar-refractivity contribution in [1.82, 2.24) is 19.8 Å². The van der Waals surface area contributed by atoms with Gasteiger partial charge in [0.05, 0.1) is 0 Å². The Hall–Kier alpha value is -2.28. The third-order valence-electron chi connectivity index (χ3n) is 4.17. The third-order valence-corrected chi connectivity index (χ3v) is 5.13. The first-order valence-corrected chi connectivity index (χ1v) is 9.67. The van der Waals surface area contributed by atoms with Gasteiger partial charge in [-0.15, -0.1) is 10.2 Å². The standard InChI is InChI=1S/C19H25N5OS/c1-12(2)17-21-22-18-24(17)23-16(26-18)11-10-15(25)20-14-8-6-13(7-9-14)19(3,4)5/h6-9,12H,10-11H2,1-5H3,(H,20,25). The maximum absolute atomic E-state index is 12.2. The maximum Gasteiger partial charge on any atom is 0.234 e. The highest BCUT2D eigenvalue weighted by Crippen LogP contribution is 2.24. The monoisotopic (exact) mass is 371 g/mol. The van der Waals surface area contributed by atoms with E-state index in [1.54, 1.807) is 4.52 Å². The topological polar surface area (TPSA) is 72.2 Å². The summed E-state index contributed by atoms with van der Waals surface area (Å²) >= 11 is 1.49. The van der Waals surface area contributed by atoms with E-state index in [0.717, 1.165) is 21.5 Å². The van der Waals surface area contributed by atoms with Crippen molar-refractivity contribution in [3.63, 3.8) is 0 Å². The van der Waals surface area contributed by atoms with E-state index in [2.05, 4.69) is 67.4 Å². The molecule has 0 aliphatic rings. The molecule has 6 nitrogen and oxygen atoms in total. The molecular weight excluding hydrogens is 346 g/mol. The number of aromatic nitrogens is 4. The number of hydrogen-bond acceptors (Lipinski definition) is 5. The Morgan fingerprint density at radius 1 is 1.19 bits per heavy atom. The molecule has 7 heteroatoms. The van der Waals surface area contributed by atoms with Crippen molar-refractivity contribution in [2.45, 2.75) is 58.8 Å². The summed E-state index contributed by atoms with van der Waals surface area (Å²) in [4.78, 5) is 13.0. The first-order chi connectivity index (χ1) is 12.2. The Kier molecular flexibility index (Phi) is 5.09. The van der Waals surface area contributed by atoms with Gasteiger partial charge in [0.2, 0.25) is 10.9 Å². The van der Waals surface area contributed by atoms with Crippen LogP contribution in [0.5, 0.6) is 0 Å². The number of aryl methyl sites for hydroxylation is 1. The number of carbonyl (C=O) groups is 1. The molecular formula is C19H25N5OS. The summed E-state index contributed by atoms with van der Waals surface area (Å²) in [6.07, 6.45) is 0.986. The highest BCUT2D eigenvalue weighted by Gasteiger charge is 2.15. The molecule has 3 rings (SSSR count). The molecule has 0 radical (unpaired) electrons. The molecule has 0 bridgehead atoms. The molecule has 138 valence electrons. The molecule has 0 spiro atoms. The molecule has 0 atom stereocenters. The molecule has 3 aromatic rings. The van der Waals surface area contributed by atoms with E-state index in [9.17, 15) is 4.79 Å². The Balaban J connectivity index is 1.59. The smallest absolute Gasteiger partial charge is 0.234 e. The lowest BCUT2D eigenvalue weighted by Gasteiger charge is -2.19. The van der Waals surface area contributed by atoms with Gasteiger partial charge < -0.3 is 5.32 Å². The predicted molar refractivity (Wildman–Crippen MR) is 105 cm³/mol. The lowest BCUT2D eigenvalue weighted by molar-refractivity contribution is -0.116. The number of benzene rings is 1. The lowest BCUT2D eigenvalue weighted by Crippen LogP contribution is -2.14. The largest absolute Gasteiger partial charge is 0.326 e. The summed E-state index contributed by atoms with van der Waals surface area (Å²) in [6.45, 7) is 10.6. The second-order valence-electron chi connectivity index (χ2n) is 7.78. The minimum atomic E-state index is -0.0106. The van der Waals surface area contributed by atoms with Crippen LogP contribution in [-0.4, -0.2) is 25.7 Å². The van der Waals surface area contributed by atoms with E-state index in [-0.39, 0.29) is 17.2 Å². The minimum Gasteiger partial charge on any atom is -0.326 e. The minimum absolute atomic E-state index is 0.0106. The number of nitrogens with one attached hydrogen (secondary N) is 1. The van der Waals surface area contributed by atoms with Crippen LogP contribution in [0.15, 0.2) is 24.3 Å². The van der Waals surface area contributed by atoms with Crippen LogP contribution < -0.4 is 5.32 Å². The van der Waals surface area contributed by atoms with Crippen molar-refractivity contribution in [3.05, 3.63) is 40.7 Å². The van der Waals surface area contributed by atoms with E-state index >= 15 is 0 Å². The van der Waals surface area contributed by atoms with Gasteiger partial charge in [0, 0.05) is 24.4 Å². The van der Waals surface area contributed by atoms with Gasteiger partial charge in [0.15, 0.2) is 5.82 Å². The maximum atomic E-state index is 12.2. The zero-order chi connectivity index (χ0) is 18.9. The van der Waals surface area contributed by atoms with E-state index in [1.165, 1.54) is 16.9 Å². The molecule has 0 unspecified atom stereocenters. The average molecular weight is 372 g/mol. The van der Waals surface area contributed by atoms with Crippen molar-refractivity contribution >= 4 is 27.9 Å². The highest BCUT2D eigenvalue weighted by atomic mass is 32.1. The van der Waals surface area contributed by atoms with Crippen LogP contribution >= 0.6 is 11.3 Å². The number of carbonyl (C=O) groups excluding carboxylic acids is 1. The fraction of sp³-hybridized carbons (Fsp3) is 0.474. The lowest BCUT2D eigenvalue weighted by atomic mass is 9.87. The molecule has 1 N–H and O–H groups in total. The number of hydrogen-bond donors (Lipinski definition) is 1. The summed E-state index contributed by atoms with van der Waals surface area (Å²) in [7, 11) is 0. The van der Waals surface area contributed by atoms with Crippen LogP contribution in [0.1, 0.15) is 63.4 Å². The Morgan fingerprint density at radius 2 is 1.88 bits per heavy atom. The SMILES string of the molecule is CC(C)c1nnc2sc(CCC(=O)Nc3ccc(C(C)(C)C)cc3)nn12. The summed E-state index contributed by atoms with van der Waals surface area (Å²) in [5, 5.41) is 16.7. The first-order valence-electron chi connectivity index (χ1n) is 8.85. The molecule has 26 heavy (non-hydrogen) atoms. The van der Waals surface area contributed by atoms with Crippen molar-refractivity contribution < 1.29 is 4.79 Å². The molecule has 2 heterocycles. The quantitative estimate of drug-likeness (QED) is 0.730. The highest BCUT2D eigenvalue weighted by molar-refractivity contribution is 7.16. The van der Waals surface area contributed by atoms with Gasteiger partial charge in [-0.05, 0) is 23.1 Å². The number of rotatable bonds is 5. The Bertz CT molecular complexity index is 902. The zero-order valence-electron chi connectivity index (χ0n) is 15.9. The summed E-state index contributed by atoms with van der Waals surface area (Å²) in [5.74, 6) is 1.11. The molecule has 0 aliphatic carbocycles. The van der Waals surface area contributed by atoms with Crippen LogP contribution in [0, 0.1) is 0 Å². The van der Waals surface area contributed by atoms with Crippen LogP contribution in [0.3, 0.4) is 0 Å². The Morgan fingerprint density at radius 3 is 2.50 bits per heavy atom. The molecule has 0 fully saturated rings.